The Morgan fingerprint density at radius 3 is 1.88 bits per heavy atom. The molecule has 0 unspecified atom stereocenters. The van der Waals surface area contributed by atoms with E-state index in [1.165, 1.54) is 16.0 Å². The van der Waals surface area contributed by atoms with E-state index in [9.17, 15) is 0 Å². The van der Waals surface area contributed by atoms with Crippen LogP contribution in [0.25, 0.3) is 0 Å². The molecule has 0 saturated heterocycles. The second-order valence-corrected chi connectivity index (χ2v) is 4.85. The van der Waals surface area contributed by atoms with Crippen molar-refractivity contribution in [2.75, 3.05) is 18.6 Å². The molecule has 0 bridgehead atoms. The predicted molar refractivity (Wildman–Crippen MR) is 77.0 cm³/mol. The lowest BCUT2D eigenvalue weighted by atomic mass is 10.0. The number of thioether (sulfide) groups is 1. The van der Waals surface area contributed by atoms with Crippen LogP contribution in [-0.2, 0) is 6.42 Å². The third-order valence-corrected chi connectivity index (χ3v) is 3.55. The highest BCUT2D eigenvalue weighted by molar-refractivity contribution is 7.98. The number of hydrogen-bond donors (Lipinski definition) is 1. The van der Waals surface area contributed by atoms with Gasteiger partial charge in [0.15, 0.2) is 0 Å². The van der Waals surface area contributed by atoms with E-state index in [4.69, 9.17) is 0 Å². The van der Waals surface area contributed by atoms with Gasteiger partial charge in [-0.3, -0.25) is 0 Å². The average Bonchev–Trinajstić information content (AvgIpc) is 2.40. The summed E-state index contributed by atoms with van der Waals surface area (Å²) < 4.78 is 0. The summed E-state index contributed by atoms with van der Waals surface area (Å²) in [6.07, 6.45) is 3.10. The number of rotatable bonds is 4. The molecule has 1 N–H and O–H groups in total. The maximum absolute atomic E-state index is 3.13. The van der Waals surface area contributed by atoms with Crippen LogP contribution in [0.4, 0.5) is 5.69 Å². The molecule has 0 spiro atoms. The number of anilines is 1. The average molecular weight is 243 g/mol. The van der Waals surface area contributed by atoms with Crippen molar-refractivity contribution in [2.24, 2.45) is 0 Å². The zero-order chi connectivity index (χ0) is 12.1. The smallest absolute Gasteiger partial charge is 0.0337 e. The Balaban J connectivity index is 2.08. The lowest BCUT2D eigenvalue weighted by Gasteiger charge is -2.05. The van der Waals surface area contributed by atoms with Crippen molar-refractivity contribution in [3.05, 3.63) is 59.7 Å². The molecule has 2 aromatic carbocycles. The van der Waals surface area contributed by atoms with Gasteiger partial charge in [0.2, 0.25) is 0 Å². The Morgan fingerprint density at radius 1 is 0.882 bits per heavy atom. The predicted octanol–water partition coefficient (Wildman–Crippen LogP) is 4.04. The van der Waals surface area contributed by atoms with Gasteiger partial charge in [0.05, 0.1) is 0 Å². The van der Waals surface area contributed by atoms with Gasteiger partial charge in [-0.25, -0.2) is 0 Å². The summed E-state index contributed by atoms with van der Waals surface area (Å²) in [6, 6.07) is 17.4. The lowest BCUT2D eigenvalue weighted by Crippen LogP contribution is -1.90. The number of nitrogens with one attached hydrogen (secondary N) is 1. The van der Waals surface area contributed by atoms with Gasteiger partial charge in [-0.1, -0.05) is 24.3 Å². The van der Waals surface area contributed by atoms with Crippen LogP contribution in [0.5, 0.6) is 0 Å². The summed E-state index contributed by atoms with van der Waals surface area (Å²) in [4.78, 5) is 1.32. The quantitative estimate of drug-likeness (QED) is 0.813. The van der Waals surface area contributed by atoms with E-state index in [1.54, 1.807) is 11.8 Å². The third kappa shape index (κ3) is 3.27. The van der Waals surface area contributed by atoms with Crippen LogP contribution in [0, 0.1) is 0 Å². The topological polar surface area (TPSA) is 12.0 Å². The minimum Gasteiger partial charge on any atom is -0.388 e. The molecule has 1 nitrogen and oxygen atoms in total. The van der Waals surface area contributed by atoms with Crippen LogP contribution >= 0.6 is 11.8 Å². The first-order valence-electron chi connectivity index (χ1n) is 5.71. The summed E-state index contributed by atoms with van der Waals surface area (Å²) in [5.74, 6) is 0. The van der Waals surface area contributed by atoms with Crippen LogP contribution in [0.15, 0.2) is 53.4 Å². The second kappa shape index (κ2) is 5.78. The molecule has 17 heavy (non-hydrogen) atoms. The van der Waals surface area contributed by atoms with Gasteiger partial charge in [0, 0.05) is 17.6 Å². The van der Waals surface area contributed by atoms with Crippen LogP contribution in [-0.4, -0.2) is 13.3 Å². The Labute approximate surface area is 107 Å². The highest BCUT2D eigenvalue weighted by atomic mass is 32.2. The molecule has 0 aliphatic rings. The van der Waals surface area contributed by atoms with Gasteiger partial charge >= 0.3 is 0 Å². The van der Waals surface area contributed by atoms with E-state index >= 15 is 0 Å². The van der Waals surface area contributed by atoms with E-state index in [0.717, 1.165) is 12.1 Å². The summed E-state index contributed by atoms with van der Waals surface area (Å²) in [5.41, 5.74) is 3.87. The molecule has 2 aromatic rings. The molecule has 0 radical (unpaired) electrons. The molecule has 2 rings (SSSR count). The monoisotopic (exact) mass is 243 g/mol. The van der Waals surface area contributed by atoms with Crippen molar-refractivity contribution in [3.8, 4) is 0 Å². The van der Waals surface area contributed by atoms with E-state index in [-0.39, 0.29) is 0 Å². The standard InChI is InChI=1S/C15H17NS/c1-16-14-7-3-12(4-8-14)11-13-5-9-15(17-2)10-6-13/h3-10,16H,11H2,1-2H3. The Hall–Kier alpha value is -1.41. The molecule has 0 atom stereocenters. The van der Waals surface area contributed by atoms with Gasteiger partial charge < -0.3 is 5.32 Å². The van der Waals surface area contributed by atoms with Crippen molar-refractivity contribution in [1.29, 1.82) is 0 Å². The second-order valence-electron chi connectivity index (χ2n) is 3.97. The minimum atomic E-state index is 0.999. The molecular weight excluding hydrogens is 226 g/mol. The van der Waals surface area contributed by atoms with Gasteiger partial charge in [-0.05, 0) is 48.1 Å². The van der Waals surface area contributed by atoms with E-state index < -0.39 is 0 Å². The first-order valence-corrected chi connectivity index (χ1v) is 6.94. The summed E-state index contributed by atoms with van der Waals surface area (Å²) in [6.45, 7) is 0. The van der Waals surface area contributed by atoms with E-state index in [2.05, 4.69) is 60.1 Å². The fourth-order valence-electron chi connectivity index (χ4n) is 1.77. The van der Waals surface area contributed by atoms with Gasteiger partial charge in [-0.15, -0.1) is 11.8 Å². The normalized spacial score (nSPS) is 10.2. The van der Waals surface area contributed by atoms with Crippen LogP contribution in [0.3, 0.4) is 0 Å². The Kier molecular flexibility index (Phi) is 4.10. The maximum atomic E-state index is 3.13. The molecule has 0 saturated carbocycles. The molecule has 2 heteroatoms. The summed E-state index contributed by atoms with van der Waals surface area (Å²) in [5, 5.41) is 3.13. The Bertz CT molecular complexity index is 414. The zero-order valence-corrected chi connectivity index (χ0v) is 11.1. The van der Waals surface area contributed by atoms with Gasteiger partial charge in [-0.2, -0.15) is 0 Å². The number of benzene rings is 2. The SMILES string of the molecule is CNc1ccc(Cc2ccc(SC)cc2)cc1. The van der Waals surface area contributed by atoms with Crippen molar-refractivity contribution < 1.29 is 0 Å². The fourth-order valence-corrected chi connectivity index (χ4v) is 2.18. The Morgan fingerprint density at radius 2 is 1.41 bits per heavy atom. The highest BCUT2D eigenvalue weighted by Crippen LogP contribution is 2.17. The largest absolute Gasteiger partial charge is 0.388 e. The molecule has 0 aliphatic heterocycles. The molecule has 0 fully saturated rings. The van der Waals surface area contributed by atoms with E-state index in [1.807, 2.05) is 7.05 Å². The third-order valence-electron chi connectivity index (χ3n) is 2.81. The first-order chi connectivity index (χ1) is 8.31. The van der Waals surface area contributed by atoms with Crippen molar-refractivity contribution in [2.45, 2.75) is 11.3 Å². The molecule has 0 aromatic heterocycles. The van der Waals surface area contributed by atoms with Crippen LogP contribution in [0.1, 0.15) is 11.1 Å². The zero-order valence-electron chi connectivity index (χ0n) is 10.2. The molecule has 0 heterocycles. The number of hydrogen-bond acceptors (Lipinski definition) is 2. The van der Waals surface area contributed by atoms with Crippen molar-refractivity contribution >= 4 is 17.4 Å². The van der Waals surface area contributed by atoms with Crippen LogP contribution < -0.4 is 5.32 Å². The highest BCUT2D eigenvalue weighted by Gasteiger charge is 1.97. The molecule has 0 amide bonds. The minimum absolute atomic E-state index is 0.999. The summed E-state index contributed by atoms with van der Waals surface area (Å²) >= 11 is 1.78. The van der Waals surface area contributed by atoms with Crippen LogP contribution in [0.2, 0.25) is 0 Å². The lowest BCUT2D eigenvalue weighted by molar-refractivity contribution is 1.18. The van der Waals surface area contributed by atoms with Gasteiger partial charge in [0.1, 0.15) is 0 Å². The molecular formula is C15H17NS. The van der Waals surface area contributed by atoms with E-state index in [0.29, 0.717) is 0 Å². The van der Waals surface area contributed by atoms with Gasteiger partial charge in [0.25, 0.3) is 0 Å². The van der Waals surface area contributed by atoms with Crippen molar-refractivity contribution in [1.82, 2.24) is 0 Å². The van der Waals surface area contributed by atoms with Crippen molar-refractivity contribution in [3.63, 3.8) is 0 Å². The molecule has 88 valence electrons. The first kappa shape index (κ1) is 12.1. The summed E-state index contributed by atoms with van der Waals surface area (Å²) in [7, 11) is 1.94. The fraction of sp³-hybridized carbons (Fsp3) is 0.200. The maximum Gasteiger partial charge on any atom is 0.0337 e. The molecule has 0 aliphatic carbocycles.